The molecule has 0 aliphatic carbocycles. The van der Waals surface area contributed by atoms with Crippen LogP contribution in [0.5, 0.6) is 5.75 Å². The van der Waals surface area contributed by atoms with Crippen LogP contribution < -0.4 is 10.2 Å². The Morgan fingerprint density at radius 1 is 1.00 bits per heavy atom. The van der Waals surface area contributed by atoms with Crippen molar-refractivity contribution in [1.29, 1.82) is 0 Å². The van der Waals surface area contributed by atoms with Crippen LogP contribution in [0.2, 0.25) is 0 Å². The third kappa shape index (κ3) is 5.36. The lowest BCUT2D eigenvalue weighted by atomic mass is 10.2. The Kier molecular flexibility index (Phi) is 6.66. The highest BCUT2D eigenvalue weighted by Gasteiger charge is 2.14. The van der Waals surface area contributed by atoms with Crippen LogP contribution in [0, 0.1) is 10.1 Å². The molecule has 0 fully saturated rings. The molecule has 0 unspecified atom stereocenters. The molecule has 3 aromatic rings. The van der Waals surface area contributed by atoms with E-state index >= 15 is 0 Å². The first-order valence-corrected chi connectivity index (χ1v) is 9.38. The Morgan fingerprint density at radius 2 is 1.70 bits per heavy atom. The standard InChI is InChI=1S/C21H14BrN3O5/c22-17-8-11-19(30-21(27)15-6-9-18(10-7-15)25(28)29)16(12-17)13-23-24-20(26)14-4-2-1-3-5-14/h1-13H,(H,24,26)/b23-13+. The first-order valence-electron chi connectivity index (χ1n) is 8.58. The van der Waals surface area contributed by atoms with E-state index < -0.39 is 10.9 Å². The third-order valence-electron chi connectivity index (χ3n) is 3.89. The fourth-order valence-corrected chi connectivity index (χ4v) is 2.78. The monoisotopic (exact) mass is 467 g/mol. The van der Waals surface area contributed by atoms with Gasteiger partial charge in [0.1, 0.15) is 5.75 Å². The lowest BCUT2D eigenvalue weighted by Gasteiger charge is -2.08. The molecule has 0 spiro atoms. The molecule has 9 heteroatoms. The maximum Gasteiger partial charge on any atom is 0.343 e. The van der Waals surface area contributed by atoms with Crippen molar-refractivity contribution in [2.75, 3.05) is 0 Å². The number of nitro benzene ring substituents is 1. The zero-order valence-electron chi connectivity index (χ0n) is 15.3. The van der Waals surface area contributed by atoms with Gasteiger partial charge in [0.15, 0.2) is 0 Å². The smallest absolute Gasteiger partial charge is 0.343 e. The van der Waals surface area contributed by atoms with Crippen molar-refractivity contribution in [3.63, 3.8) is 0 Å². The fourth-order valence-electron chi connectivity index (χ4n) is 2.41. The van der Waals surface area contributed by atoms with E-state index in [9.17, 15) is 19.7 Å². The minimum atomic E-state index is -0.685. The van der Waals surface area contributed by atoms with Crippen LogP contribution >= 0.6 is 15.9 Å². The van der Waals surface area contributed by atoms with Gasteiger partial charge in [-0.15, -0.1) is 0 Å². The molecule has 0 atom stereocenters. The van der Waals surface area contributed by atoms with Crippen LogP contribution in [0.15, 0.2) is 82.4 Å². The van der Waals surface area contributed by atoms with Crippen molar-refractivity contribution in [3.05, 3.63) is 104 Å². The highest BCUT2D eigenvalue weighted by atomic mass is 79.9. The number of nitro groups is 1. The number of hydrogen-bond donors (Lipinski definition) is 1. The van der Waals surface area contributed by atoms with Gasteiger partial charge in [-0.2, -0.15) is 5.10 Å². The Bertz CT molecular complexity index is 1120. The van der Waals surface area contributed by atoms with Gasteiger partial charge in [-0.05, 0) is 42.5 Å². The first kappa shape index (κ1) is 20.9. The summed E-state index contributed by atoms with van der Waals surface area (Å²) in [7, 11) is 0. The molecule has 0 aliphatic rings. The summed E-state index contributed by atoms with van der Waals surface area (Å²) < 4.78 is 6.11. The Labute approximate surface area is 179 Å². The summed E-state index contributed by atoms with van der Waals surface area (Å²) in [4.78, 5) is 34.6. The maximum atomic E-state index is 12.4. The molecule has 3 aromatic carbocycles. The molecule has 1 N–H and O–H groups in total. The Morgan fingerprint density at radius 3 is 2.37 bits per heavy atom. The largest absolute Gasteiger partial charge is 0.422 e. The van der Waals surface area contributed by atoms with E-state index in [0.717, 1.165) is 0 Å². The number of benzene rings is 3. The van der Waals surface area contributed by atoms with Crippen molar-refractivity contribution >= 4 is 39.7 Å². The lowest BCUT2D eigenvalue weighted by molar-refractivity contribution is -0.384. The minimum Gasteiger partial charge on any atom is -0.422 e. The molecule has 0 saturated heterocycles. The maximum absolute atomic E-state index is 12.4. The molecule has 0 radical (unpaired) electrons. The predicted molar refractivity (Wildman–Crippen MR) is 114 cm³/mol. The summed E-state index contributed by atoms with van der Waals surface area (Å²) >= 11 is 3.33. The van der Waals surface area contributed by atoms with Crippen molar-refractivity contribution in [1.82, 2.24) is 5.43 Å². The predicted octanol–water partition coefficient (Wildman–Crippen LogP) is 4.34. The fraction of sp³-hybridized carbons (Fsp3) is 0. The van der Waals surface area contributed by atoms with E-state index in [1.807, 2.05) is 0 Å². The topological polar surface area (TPSA) is 111 Å². The number of hydrogen-bond acceptors (Lipinski definition) is 6. The van der Waals surface area contributed by atoms with Gasteiger partial charge in [0, 0.05) is 27.7 Å². The van der Waals surface area contributed by atoms with Crippen LogP contribution in [0.25, 0.3) is 0 Å². The molecule has 3 rings (SSSR count). The SMILES string of the molecule is O=C(N/N=C/c1cc(Br)ccc1OC(=O)c1ccc([N+](=O)[O-])cc1)c1ccccc1. The van der Waals surface area contributed by atoms with E-state index in [1.165, 1.54) is 30.5 Å². The average molecular weight is 468 g/mol. The zero-order chi connectivity index (χ0) is 21.5. The quantitative estimate of drug-likeness (QED) is 0.190. The molecule has 0 bridgehead atoms. The van der Waals surface area contributed by atoms with Gasteiger partial charge >= 0.3 is 5.97 Å². The number of ether oxygens (including phenoxy) is 1. The van der Waals surface area contributed by atoms with Crippen LogP contribution in [0.1, 0.15) is 26.3 Å². The van der Waals surface area contributed by atoms with Gasteiger partial charge in [-0.1, -0.05) is 34.1 Å². The second-order valence-electron chi connectivity index (χ2n) is 5.94. The number of carbonyl (C=O) groups is 2. The van der Waals surface area contributed by atoms with Gasteiger partial charge in [-0.25, -0.2) is 10.2 Å². The summed E-state index contributed by atoms with van der Waals surface area (Å²) in [6, 6.07) is 18.6. The minimum absolute atomic E-state index is 0.128. The van der Waals surface area contributed by atoms with Crippen molar-refractivity contribution in [3.8, 4) is 5.75 Å². The zero-order valence-corrected chi connectivity index (χ0v) is 16.9. The molecule has 1 amide bonds. The van der Waals surface area contributed by atoms with Crippen molar-refractivity contribution in [2.45, 2.75) is 0 Å². The summed E-state index contributed by atoms with van der Waals surface area (Å²) in [6.07, 6.45) is 1.35. The van der Waals surface area contributed by atoms with Crippen LogP contribution in [0.3, 0.4) is 0 Å². The number of non-ortho nitro benzene ring substituents is 1. The van der Waals surface area contributed by atoms with E-state index in [-0.39, 0.29) is 22.9 Å². The summed E-state index contributed by atoms with van der Waals surface area (Å²) in [5.41, 5.74) is 3.33. The molecule has 0 aliphatic heterocycles. The van der Waals surface area contributed by atoms with Crippen molar-refractivity contribution < 1.29 is 19.2 Å². The van der Waals surface area contributed by atoms with Gasteiger partial charge in [-0.3, -0.25) is 14.9 Å². The normalized spacial score (nSPS) is 10.6. The molecule has 0 aromatic heterocycles. The van der Waals surface area contributed by atoms with E-state index in [1.54, 1.807) is 48.5 Å². The number of nitrogens with zero attached hydrogens (tertiary/aromatic N) is 2. The first-order chi connectivity index (χ1) is 14.4. The number of nitrogens with one attached hydrogen (secondary N) is 1. The Balaban J connectivity index is 1.73. The number of halogens is 1. The number of carbonyl (C=O) groups excluding carboxylic acids is 2. The van der Waals surface area contributed by atoms with Gasteiger partial charge in [0.25, 0.3) is 11.6 Å². The van der Waals surface area contributed by atoms with Crippen LogP contribution in [-0.4, -0.2) is 23.0 Å². The van der Waals surface area contributed by atoms with Crippen LogP contribution in [0.4, 0.5) is 5.69 Å². The van der Waals surface area contributed by atoms with E-state index in [2.05, 4.69) is 26.5 Å². The third-order valence-corrected chi connectivity index (χ3v) is 4.39. The lowest BCUT2D eigenvalue weighted by Crippen LogP contribution is -2.17. The number of rotatable bonds is 6. The molecule has 0 heterocycles. The van der Waals surface area contributed by atoms with Gasteiger partial charge in [0.2, 0.25) is 0 Å². The van der Waals surface area contributed by atoms with Crippen molar-refractivity contribution in [2.24, 2.45) is 5.10 Å². The van der Waals surface area contributed by atoms with E-state index in [4.69, 9.17) is 4.74 Å². The second-order valence-corrected chi connectivity index (χ2v) is 6.86. The molecular formula is C21H14BrN3O5. The molecular weight excluding hydrogens is 454 g/mol. The van der Waals surface area contributed by atoms with Crippen LogP contribution in [-0.2, 0) is 0 Å². The molecule has 0 saturated carbocycles. The summed E-state index contributed by atoms with van der Waals surface area (Å²) in [5.74, 6) is -0.860. The average Bonchev–Trinajstić information content (AvgIpc) is 2.76. The second kappa shape index (κ2) is 9.57. The Hall–Kier alpha value is -3.85. The molecule has 8 nitrogen and oxygen atoms in total. The molecule has 30 heavy (non-hydrogen) atoms. The van der Waals surface area contributed by atoms with Gasteiger partial charge < -0.3 is 4.74 Å². The highest BCUT2D eigenvalue weighted by Crippen LogP contribution is 2.23. The highest BCUT2D eigenvalue weighted by molar-refractivity contribution is 9.10. The summed E-state index contributed by atoms with van der Waals surface area (Å²) in [6.45, 7) is 0. The van der Waals surface area contributed by atoms with Gasteiger partial charge in [0.05, 0.1) is 16.7 Å². The number of hydrazone groups is 1. The number of amides is 1. The number of esters is 1. The summed E-state index contributed by atoms with van der Waals surface area (Å²) in [5, 5.41) is 14.6. The van der Waals surface area contributed by atoms with E-state index in [0.29, 0.717) is 15.6 Å². The molecule has 150 valence electrons.